The largest absolute Gasteiger partial charge is 0.495 e. The van der Waals surface area contributed by atoms with Gasteiger partial charge >= 0.3 is 0 Å². The standard InChI is InChI=1S/C19H28N4O/c1-14(17-12-20-22(3)15(17)2)21-16-8-7-11-23(13-16)18-9-5-6-10-19(18)24-4/h5-6,9-10,12,14,16,21H,7-8,11,13H2,1-4H3. The fraction of sp³-hybridized carbons (Fsp3) is 0.526. The van der Waals surface area contributed by atoms with Crippen LogP contribution < -0.4 is 15.0 Å². The Bertz CT molecular complexity index is 682. The molecule has 0 amide bonds. The summed E-state index contributed by atoms with van der Waals surface area (Å²) in [5.74, 6) is 0.953. The maximum Gasteiger partial charge on any atom is 0.142 e. The van der Waals surface area contributed by atoms with Crippen LogP contribution >= 0.6 is 0 Å². The quantitative estimate of drug-likeness (QED) is 0.916. The summed E-state index contributed by atoms with van der Waals surface area (Å²) in [6.07, 6.45) is 4.37. The Kier molecular flexibility index (Phi) is 5.09. The highest BCUT2D eigenvalue weighted by atomic mass is 16.5. The van der Waals surface area contributed by atoms with Gasteiger partial charge in [0.25, 0.3) is 0 Å². The maximum atomic E-state index is 5.53. The third-order valence-corrected chi connectivity index (χ3v) is 5.07. The number of methoxy groups -OCH3 is 1. The fourth-order valence-corrected chi connectivity index (χ4v) is 3.61. The van der Waals surface area contributed by atoms with Crippen molar-refractivity contribution in [3.8, 4) is 5.75 Å². The normalized spacial score (nSPS) is 19.3. The number of nitrogens with zero attached hydrogens (tertiary/aromatic N) is 3. The van der Waals surface area contributed by atoms with Crippen molar-refractivity contribution < 1.29 is 4.74 Å². The highest BCUT2D eigenvalue weighted by Crippen LogP contribution is 2.30. The van der Waals surface area contributed by atoms with Crippen molar-refractivity contribution in [2.24, 2.45) is 7.05 Å². The number of para-hydroxylation sites is 2. The minimum absolute atomic E-state index is 0.307. The molecule has 2 aromatic rings. The van der Waals surface area contributed by atoms with E-state index in [0.29, 0.717) is 12.1 Å². The SMILES string of the molecule is COc1ccccc1N1CCCC(NC(C)c2cnn(C)c2C)C1. The lowest BCUT2D eigenvalue weighted by Gasteiger charge is -2.36. The van der Waals surface area contributed by atoms with Crippen LogP contribution in [0.25, 0.3) is 0 Å². The van der Waals surface area contributed by atoms with Crippen LogP contribution in [0.15, 0.2) is 30.5 Å². The number of rotatable bonds is 5. The van der Waals surface area contributed by atoms with Gasteiger partial charge in [-0.05, 0) is 38.8 Å². The molecule has 2 heterocycles. The molecule has 0 spiro atoms. The average Bonchev–Trinajstić information content (AvgIpc) is 2.94. The van der Waals surface area contributed by atoms with Crippen LogP contribution in [0.5, 0.6) is 5.75 Å². The van der Waals surface area contributed by atoms with E-state index in [1.165, 1.54) is 29.8 Å². The van der Waals surface area contributed by atoms with Gasteiger partial charge in [-0.15, -0.1) is 0 Å². The number of hydrogen-bond donors (Lipinski definition) is 1. The molecule has 2 atom stereocenters. The van der Waals surface area contributed by atoms with Gasteiger partial charge in [0, 0.05) is 43.5 Å². The monoisotopic (exact) mass is 328 g/mol. The summed E-state index contributed by atoms with van der Waals surface area (Å²) in [4.78, 5) is 2.43. The summed E-state index contributed by atoms with van der Waals surface area (Å²) in [5.41, 5.74) is 3.70. The van der Waals surface area contributed by atoms with E-state index in [-0.39, 0.29) is 0 Å². The van der Waals surface area contributed by atoms with Crippen molar-refractivity contribution in [3.63, 3.8) is 0 Å². The van der Waals surface area contributed by atoms with Crippen LogP contribution in [-0.2, 0) is 7.05 Å². The number of aromatic nitrogens is 2. The molecule has 0 saturated carbocycles. The first-order chi connectivity index (χ1) is 11.6. The summed E-state index contributed by atoms with van der Waals surface area (Å²) in [6.45, 7) is 6.44. The zero-order chi connectivity index (χ0) is 17.1. The Morgan fingerprint density at radius 3 is 2.83 bits per heavy atom. The van der Waals surface area contributed by atoms with Gasteiger partial charge in [0.05, 0.1) is 19.0 Å². The zero-order valence-corrected chi connectivity index (χ0v) is 15.1. The molecule has 1 aromatic carbocycles. The van der Waals surface area contributed by atoms with E-state index in [0.717, 1.165) is 18.8 Å². The van der Waals surface area contributed by atoms with Crippen molar-refractivity contribution in [2.45, 2.75) is 38.8 Å². The number of piperidine rings is 1. The van der Waals surface area contributed by atoms with Crippen molar-refractivity contribution in [2.75, 3.05) is 25.1 Å². The summed E-state index contributed by atoms with van der Waals surface area (Å²) in [7, 11) is 3.74. The van der Waals surface area contributed by atoms with E-state index in [9.17, 15) is 0 Å². The second-order valence-corrected chi connectivity index (χ2v) is 6.65. The summed E-state index contributed by atoms with van der Waals surface area (Å²) < 4.78 is 7.47. The Morgan fingerprint density at radius 1 is 1.33 bits per heavy atom. The van der Waals surface area contributed by atoms with E-state index in [2.05, 4.69) is 41.3 Å². The third-order valence-electron chi connectivity index (χ3n) is 5.07. The molecule has 0 aliphatic carbocycles. The smallest absolute Gasteiger partial charge is 0.142 e. The van der Waals surface area contributed by atoms with Crippen LogP contribution in [0.4, 0.5) is 5.69 Å². The van der Waals surface area contributed by atoms with E-state index < -0.39 is 0 Å². The highest BCUT2D eigenvalue weighted by Gasteiger charge is 2.24. The van der Waals surface area contributed by atoms with E-state index in [4.69, 9.17) is 4.74 Å². The molecule has 5 nitrogen and oxygen atoms in total. The van der Waals surface area contributed by atoms with Crippen molar-refractivity contribution in [1.29, 1.82) is 0 Å². The number of ether oxygens (including phenoxy) is 1. The van der Waals surface area contributed by atoms with Gasteiger partial charge in [0.15, 0.2) is 0 Å². The molecule has 130 valence electrons. The molecule has 0 bridgehead atoms. The molecule has 1 saturated heterocycles. The van der Waals surface area contributed by atoms with Gasteiger partial charge in [-0.3, -0.25) is 4.68 Å². The molecule has 1 aliphatic heterocycles. The molecule has 1 fully saturated rings. The Morgan fingerprint density at radius 2 is 2.12 bits per heavy atom. The van der Waals surface area contributed by atoms with Crippen molar-refractivity contribution in [3.05, 3.63) is 41.7 Å². The van der Waals surface area contributed by atoms with Crippen LogP contribution in [-0.4, -0.2) is 36.0 Å². The van der Waals surface area contributed by atoms with E-state index >= 15 is 0 Å². The van der Waals surface area contributed by atoms with Gasteiger partial charge in [0.1, 0.15) is 5.75 Å². The number of nitrogens with one attached hydrogen (secondary N) is 1. The third kappa shape index (κ3) is 3.41. The minimum Gasteiger partial charge on any atom is -0.495 e. The van der Waals surface area contributed by atoms with Gasteiger partial charge in [-0.25, -0.2) is 0 Å². The molecule has 1 N–H and O–H groups in total. The Hall–Kier alpha value is -2.01. The van der Waals surface area contributed by atoms with Gasteiger partial charge in [-0.1, -0.05) is 12.1 Å². The summed E-state index contributed by atoms with van der Waals surface area (Å²) in [6, 6.07) is 9.06. The van der Waals surface area contributed by atoms with E-state index in [1.807, 2.05) is 30.1 Å². The van der Waals surface area contributed by atoms with Crippen LogP contribution in [0.1, 0.15) is 37.1 Å². The van der Waals surface area contributed by atoms with Crippen LogP contribution in [0.2, 0.25) is 0 Å². The highest BCUT2D eigenvalue weighted by molar-refractivity contribution is 5.58. The zero-order valence-electron chi connectivity index (χ0n) is 15.1. The van der Waals surface area contributed by atoms with Crippen LogP contribution in [0.3, 0.4) is 0 Å². The molecule has 2 unspecified atom stereocenters. The van der Waals surface area contributed by atoms with Gasteiger partial charge in [0.2, 0.25) is 0 Å². The van der Waals surface area contributed by atoms with Crippen LogP contribution in [0, 0.1) is 6.92 Å². The lowest BCUT2D eigenvalue weighted by atomic mass is 10.0. The first-order valence-corrected chi connectivity index (χ1v) is 8.72. The lowest BCUT2D eigenvalue weighted by Crippen LogP contribution is -2.46. The first-order valence-electron chi connectivity index (χ1n) is 8.72. The number of anilines is 1. The summed E-state index contributed by atoms with van der Waals surface area (Å²) >= 11 is 0. The second kappa shape index (κ2) is 7.26. The molecule has 0 radical (unpaired) electrons. The molecule has 1 aliphatic rings. The molecule has 3 rings (SSSR count). The molecular weight excluding hydrogens is 300 g/mol. The molecular formula is C19H28N4O. The Balaban J connectivity index is 1.68. The predicted octanol–water partition coefficient (Wildman–Crippen LogP) is 3.06. The average molecular weight is 328 g/mol. The number of aryl methyl sites for hydroxylation is 1. The lowest BCUT2D eigenvalue weighted by molar-refractivity contribution is 0.380. The molecule has 1 aromatic heterocycles. The predicted molar refractivity (Wildman–Crippen MR) is 97.7 cm³/mol. The van der Waals surface area contributed by atoms with Gasteiger partial charge in [-0.2, -0.15) is 5.10 Å². The second-order valence-electron chi connectivity index (χ2n) is 6.65. The van der Waals surface area contributed by atoms with Gasteiger partial charge < -0.3 is 15.0 Å². The fourth-order valence-electron chi connectivity index (χ4n) is 3.61. The number of benzene rings is 1. The molecule has 5 heteroatoms. The number of hydrogen-bond acceptors (Lipinski definition) is 4. The molecule has 24 heavy (non-hydrogen) atoms. The van der Waals surface area contributed by atoms with Crippen molar-refractivity contribution >= 4 is 5.69 Å². The maximum absolute atomic E-state index is 5.53. The van der Waals surface area contributed by atoms with Crippen molar-refractivity contribution in [1.82, 2.24) is 15.1 Å². The first kappa shape index (κ1) is 16.8. The minimum atomic E-state index is 0.307. The Labute approximate surface area is 144 Å². The topological polar surface area (TPSA) is 42.3 Å². The van der Waals surface area contributed by atoms with E-state index in [1.54, 1.807) is 7.11 Å². The summed E-state index contributed by atoms with van der Waals surface area (Å²) in [5, 5.41) is 8.16.